The van der Waals surface area contributed by atoms with Gasteiger partial charge in [-0.15, -0.1) is 0 Å². The van der Waals surface area contributed by atoms with Crippen molar-refractivity contribution in [3.05, 3.63) is 45.8 Å². The number of aliphatic hydroxyl groups is 1. The third-order valence-electron chi connectivity index (χ3n) is 1.72. The Balaban J connectivity index is 2.93. The maximum atomic E-state index is 12.9. The fourth-order valence-electron chi connectivity index (χ4n) is 1.09. The molecule has 1 rings (SSSR count). The third kappa shape index (κ3) is 3.47. The van der Waals surface area contributed by atoms with E-state index in [1.165, 1.54) is 18.2 Å². The van der Waals surface area contributed by atoms with Crippen molar-refractivity contribution >= 4 is 11.8 Å². The van der Waals surface area contributed by atoms with E-state index in [0.29, 0.717) is 12.0 Å². The zero-order valence-electron chi connectivity index (χ0n) is 7.89. The van der Waals surface area contributed by atoms with Gasteiger partial charge in [-0.3, -0.25) is 10.1 Å². The molecule has 0 spiro atoms. The van der Waals surface area contributed by atoms with Crippen LogP contribution in [0.3, 0.4) is 0 Å². The summed E-state index contributed by atoms with van der Waals surface area (Å²) < 4.78 is 12.9. The van der Waals surface area contributed by atoms with Crippen molar-refractivity contribution in [2.75, 3.05) is 6.61 Å². The van der Waals surface area contributed by atoms with E-state index in [9.17, 15) is 14.5 Å². The highest BCUT2D eigenvalue weighted by atomic mass is 19.1. The number of nitro benzene ring substituents is 1. The molecule has 0 aliphatic rings. The number of hydrogen-bond donors (Lipinski definition) is 1. The number of non-ortho nitro benzene ring substituents is 1. The SMILES string of the molecule is O=[N+]([O-])c1cc(F)cc(C=CCCO)c1. The van der Waals surface area contributed by atoms with Crippen molar-refractivity contribution in [3.8, 4) is 0 Å². The van der Waals surface area contributed by atoms with E-state index in [4.69, 9.17) is 5.11 Å². The van der Waals surface area contributed by atoms with Crippen molar-refractivity contribution in [2.24, 2.45) is 0 Å². The fraction of sp³-hybridized carbons (Fsp3) is 0.200. The summed E-state index contributed by atoms with van der Waals surface area (Å²) in [6.45, 7) is -0.00604. The Bertz CT molecular complexity index is 390. The molecule has 0 bridgehead atoms. The molecule has 4 nitrogen and oxygen atoms in total. The summed E-state index contributed by atoms with van der Waals surface area (Å²) in [6.07, 6.45) is 3.59. The van der Waals surface area contributed by atoms with Crippen molar-refractivity contribution in [1.29, 1.82) is 0 Å². The summed E-state index contributed by atoms with van der Waals surface area (Å²) in [7, 11) is 0. The van der Waals surface area contributed by atoms with Gasteiger partial charge >= 0.3 is 0 Å². The molecule has 1 N–H and O–H groups in total. The average molecular weight is 211 g/mol. The lowest BCUT2D eigenvalue weighted by atomic mass is 10.1. The van der Waals surface area contributed by atoms with E-state index in [0.717, 1.165) is 6.07 Å². The second-order valence-electron chi connectivity index (χ2n) is 2.91. The van der Waals surface area contributed by atoms with Gasteiger partial charge in [-0.25, -0.2) is 4.39 Å². The Hall–Kier alpha value is -1.75. The van der Waals surface area contributed by atoms with Gasteiger partial charge < -0.3 is 5.11 Å². The molecule has 0 heterocycles. The zero-order chi connectivity index (χ0) is 11.3. The van der Waals surface area contributed by atoms with Crippen molar-refractivity contribution in [2.45, 2.75) is 6.42 Å². The van der Waals surface area contributed by atoms with E-state index in [-0.39, 0.29) is 12.3 Å². The van der Waals surface area contributed by atoms with Gasteiger partial charge in [0.1, 0.15) is 5.82 Å². The highest BCUT2D eigenvalue weighted by Gasteiger charge is 2.07. The predicted molar refractivity (Wildman–Crippen MR) is 53.8 cm³/mol. The van der Waals surface area contributed by atoms with E-state index < -0.39 is 10.7 Å². The van der Waals surface area contributed by atoms with Gasteiger partial charge in [-0.1, -0.05) is 12.2 Å². The molecule has 0 aromatic heterocycles. The molecule has 0 fully saturated rings. The Morgan fingerprint density at radius 1 is 1.47 bits per heavy atom. The van der Waals surface area contributed by atoms with Gasteiger partial charge in [-0.2, -0.15) is 0 Å². The summed E-state index contributed by atoms with van der Waals surface area (Å²) in [6, 6.07) is 3.33. The van der Waals surface area contributed by atoms with Crippen LogP contribution in [0.1, 0.15) is 12.0 Å². The van der Waals surface area contributed by atoms with Gasteiger partial charge in [0.05, 0.1) is 11.0 Å². The predicted octanol–water partition coefficient (Wildman–Crippen LogP) is 2.13. The van der Waals surface area contributed by atoms with Crippen LogP contribution in [-0.4, -0.2) is 16.6 Å². The summed E-state index contributed by atoms with van der Waals surface area (Å²) in [5, 5.41) is 18.9. The number of benzene rings is 1. The Morgan fingerprint density at radius 2 is 2.20 bits per heavy atom. The van der Waals surface area contributed by atoms with Crippen molar-refractivity contribution in [3.63, 3.8) is 0 Å². The molecule has 1 aromatic carbocycles. The van der Waals surface area contributed by atoms with E-state index in [1.807, 2.05) is 0 Å². The largest absolute Gasteiger partial charge is 0.396 e. The number of halogens is 1. The molecule has 80 valence electrons. The minimum atomic E-state index is -0.646. The van der Waals surface area contributed by atoms with Crippen LogP contribution in [0.2, 0.25) is 0 Å². The molecule has 1 aromatic rings. The topological polar surface area (TPSA) is 63.4 Å². The minimum absolute atomic E-state index is 0.00604. The first-order chi connectivity index (χ1) is 7.13. The zero-order valence-corrected chi connectivity index (χ0v) is 7.89. The molecule has 0 saturated heterocycles. The second-order valence-corrected chi connectivity index (χ2v) is 2.91. The Labute approximate surface area is 85.8 Å². The molecule has 0 aliphatic carbocycles. The summed E-state index contributed by atoms with van der Waals surface area (Å²) in [5.74, 6) is -0.646. The highest BCUT2D eigenvalue weighted by Crippen LogP contribution is 2.17. The van der Waals surface area contributed by atoms with Gasteiger partial charge in [0, 0.05) is 12.7 Å². The lowest BCUT2D eigenvalue weighted by molar-refractivity contribution is -0.385. The molecular weight excluding hydrogens is 201 g/mol. The normalized spacial score (nSPS) is 10.8. The average Bonchev–Trinajstić information content (AvgIpc) is 2.17. The minimum Gasteiger partial charge on any atom is -0.396 e. The number of rotatable bonds is 4. The Morgan fingerprint density at radius 3 is 2.80 bits per heavy atom. The van der Waals surface area contributed by atoms with Crippen LogP contribution in [0, 0.1) is 15.9 Å². The standard InChI is InChI=1S/C10H10FNO3/c11-9-5-8(3-1-2-4-13)6-10(7-9)12(14)15/h1,3,5-7,13H,2,4H2. The molecule has 0 radical (unpaired) electrons. The quantitative estimate of drug-likeness (QED) is 0.612. The third-order valence-corrected chi connectivity index (χ3v) is 1.72. The molecule has 0 atom stereocenters. The molecule has 0 amide bonds. The first-order valence-corrected chi connectivity index (χ1v) is 4.36. The van der Waals surface area contributed by atoms with Crippen LogP contribution in [0.5, 0.6) is 0 Å². The molecule has 0 aliphatic heterocycles. The maximum absolute atomic E-state index is 12.9. The van der Waals surface area contributed by atoms with Crippen LogP contribution in [0.25, 0.3) is 6.08 Å². The van der Waals surface area contributed by atoms with Crippen LogP contribution in [0.15, 0.2) is 24.3 Å². The maximum Gasteiger partial charge on any atom is 0.272 e. The molecule has 0 unspecified atom stereocenters. The molecule has 5 heteroatoms. The second kappa shape index (κ2) is 5.21. The lowest BCUT2D eigenvalue weighted by Gasteiger charge is -1.95. The highest BCUT2D eigenvalue weighted by molar-refractivity contribution is 5.53. The summed E-state index contributed by atoms with van der Waals surface area (Å²) in [4.78, 5) is 9.76. The van der Waals surface area contributed by atoms with E-state index in [2.05, 4.69) is 0 Å². The van der Waals surface area contributed by atoms with E-state index >= 15 is 0 Å². The van der Waals surface area contributed by atoms with Gasteiger partial charge in [0.25, 0.3) is 5.69 Å². The fourth-order valence-corrected chi connectivity index (χ4v) is 1.09. The number of nitrogens with zero attached hydrogens (tertiary/aromatic N) is 1. The monoisotopic (exact) mass is 211 g/mol. The summed E-state index contributed by atoms with van der Waals surface area (Å²) >= 11 is 0. The first kappa shape index (κ1) is 11.3. The van der Waals surface area contributed by atoms with Crippen LogP contribution in [0.4, 0.5) is 10.1 Å². The molecular formula is C10H10FNO3. The number of hydrogen-bond acceptors (Lipinski definition) is 3. The van der Waals surface area contributed by atoms with Crippen LogP contribution in [-0.2, 0) is 0 Å². The Kier molecular flexibility index (Phi) is 3.93. The van der Waals surface area contributed by atoms with Crippen molar-refractivity contribution in [1.82, 2.24) is 0 Å². The summed E-state index contributed by atoms with van der Waals surface area (Å²) in [5.41, 5.74) is 0.133. The lowest BCUT2D eigenvalue weighted by Crippen LogP contribution is -1.90. The van der Waals surface area contributed by atoms with Crippen LogP contribution < -0.4 is 0 Å². The first-order valence-electron chi connectivity index (χ1n) is 4.36. The molecule has 15 heavy (non-hydrogen) atoms. The number of nitro groups is 1. The van der Waals surface area contributed by atoms with Crippen LogP contribution >= 0.6 is 0 Å². The smallest absolute Gasteiger partial charge is 0.272 e. The molecule has 0 saturated carbocycles. The van der Waals surface area contributed by atoms with Crippen molar-refractivity contribution < 1.29 is 14.4 Å². The van der Waals surface area contributed by atoms with Gasteiger partial charge in [0.2, 0.25) is 0 Å². The number of aliphatic hydroxyl groups excluding tert-OH is 1. The van der Waals surface area contributed by atoms with E-state index in [1.54, 1.807) is 6.08 Å². The van der Waals surface area contributed by atoms with Gasteiger partial charge in [0.15, 0.2) is 0 Å². The van der Waals surface area contributed by atoms with Gasteiger partial charge in [-0.05, 0) is 18.1 Å².